The largest absolute Gasteiger partial charge is 0.341 e. The number of rotatable bonds is 6. The standard InChI is InChI=1S/C21H17BrClNO2S2/c1-3-5-18(13(2)23)28-19-17(25)11-21(24-20(19)26,15-8-9-27-12-15)14-6-4-7-16(22)10-14/h3-10,12,19H,1-2,11H2,(H,24,26)/b18-5+. The maximum absolute atomic E-state index is 13.1. The van der Waals surface area contributed by atoms with Gasteiger partial charge in [-0.05, 0) is 46.2 Å². The molecule has 1 fully saturated rings. The van der Waals surface area contributed by atoms with Gasteiger partial charge in [0, 0.05) is 20.8 Å². The molecular weight excluding hydrogens is 478 g/mol. The molecule has 144 valence electrons. The number of thiophene rings is 1. The van der Waals surface area contributed by atoms with Gasteiger partial charge in [-0.15, -0.1) is 11.8 Å². The SMILES string of the molecule is C=C/C=C(/SC1C(=O)CC(c2ccsc2)(c2cccc(Br)c2)NC1=O)C(=C)Cl. The molecule has 1 aromatic carbocycles. The Morgan fingerprint density at radius 1 is 1.36 bits per heavy atom. The fourth-order valence-corrected chi connectivity index (χ4v) is 5.41. The maximum atomic E-state index is 13.1. The Labute approximate surface area is 185 Å². The summed E-state index contributed by atoms with van der Waals surface area (Å²) in [7, 11) is 0. The van der Waals surface area contributed by atoms with Crippen LogP contribution in [0, 0.1) is 0 Å². The van der Waals surface area contributed by atoms with Crippen molar-refractivity contribution < 1.29 is 9.59 Å². The van der Waals surface area contributed by atoms with Gasteiger partial charge in [0.25, 0.3) is 0 Å². The van der Waals surface area contributed by atoms with E-state index in [4.69, 9.17) is 11.6 Å². The lowest BCUT2D eigenvalue weighted by atomic mass is 9.77. The monoisotopic (exact) mass is 493 g/mol. The van der Waals surface area contributed by atoms with Crippen molar-refractivity contribution in [3.63, 3.8) is 0 Å². The molecule has 7 heteroatoms. The van der Waals surface area contributed by atoms with Crippen LogP contribution in [0.5, 0.6) is 0 Å². The van der Waals surface area contributed by atoms with Gasteiger partial charge in [-0.25, -0.2) is 0 Å². The quantitative estimate of drug-likeness (QED) is 0.410. The number of hydrogen-bond donors (Lipinski definition) is 1. The van der Waals surface area contributed by atoms with Crippen LogP contribution in [0.15, 0.2) is 80.8 Å². The Morgan fingerprint density at radius 2 is 2.14 bits per heavy atom. The van der Waals surface area contributed by atoms with Crippen LogP contribution in [0.4, 0.5) is 0 Å². The molecule has 2 heterocycles. The first kappa shape index (κ1) is 21.1. The van der Waals surface area contributed by atoms with Crippen molar-refractivity contribution in [2.24, 2.45) is 0 Å². The number of nitrogens with one attached hydrogen (secondary N) is 1. The lowest BCUT2D eigenvalue weighted by molar-refractivity contribution is -0.132. The van der Waals surface area contributed by atoms with Gasteiger partial charge >= 0.3 is 0 Å². The summed E-state index contributed by atoms with van der Waals surface area (Å²) in [5, 5.41) is 6.41. The van der Waals surface area contributed by atoms with Gasteiger partial charge in [0.1, 0.15) is 5.25 Å². The summed E-state index contributed by atoms with van der Waals surface area (Å²) in [4.78, 5) is 26.7. The minimum atomic E-state index is -0.894. The number of hydrogen-bond acceptors (Lipinski definition) is 4. The Morgan fingerprint density at radius 3 is 2.71 bits per heavy atom. The molecule has 1 aliphatic heterocycles. The topological polar surface area (TPSA) is 46.2 Å². The predicted molar refractivity (Wildman–Crippen MR) is 122 cm³/mol. The maximum Gasteiger partial charge on any atom is 0.242 e. The summed E-state index contributed by atoms with van der Waals surface area (Å²) in [5.74, 6) is -0.506. The van der Waals surface area contributed by atoms with Gasteiger partial charge in [0.2, 0.25) is 5.91 Å². The molecule has 0 saturated carbocycles. The molecule has 3 rings (SSSR count). The number of carbonyl (C=O) groups is 2. The number of carbonyl (C=O) groups excluding carboxylic acids is 2. The fraction of sp³-hybridized carbons (Fsp3) is 0.143. The Balaban J connectivity index is 2.00. The van der Waals surface area contributed by atoms with Crippen molar-refractivity contribution in [3.8, 4) is 0 Å². The van der Waals surface area contributed by atoms with E-state index in [2.05, 4.69) is 34.4 Å². The molecule has 1 saturated heterocycles. The lowest BCUT2D eigenvalue weighted by Crippen LogP contribution is -2.58. The number of piperidine rings is 1. The van der Waals surface area contributed by atoms with Crippen molar-refractivity contribution in [2.75, 3.05) is 0 Å². The molecular formula is C21H17BrClNO2S2. The van der Waals surface area contributed by atoms with E-state index in [1.165, 1.54) is 11.3 Å². The molecule has 0 bridgehead atoms. The molecule has 1 N–H and O–H groups in total. The minimum absolute atomic E-state index is 0.153. The van der Waals surface area contributed by atoms with Crippen molar-refractivity contribution in [1.82, 2.24) is 5.32 Å². The van der Waals surface area contributed by atoms with Crippen LogP contribution in [-0.4, -0.2) is 16.9 Å². The second kappa shape index (κ2) is 8.82. The Bertz CT molecular complexity index is 951. The summed E-state index contributed by atoms with van der Waals surface area (Å²) in [6, 6.07) is 9.60. The minimum Gasteiger partial charge on any atom is -0.341 e. The zero-order valence-corrected chi connectivity index (χ0v) is 18.8. The molecule has 28 heavy (non-hydrogen) atoms. The summed E-state index contributed by atoms with van der Waals surface area (Å²) in [5.41, 5.74) is 0.855. The molecule has 0 radical (unpaired) electrons. The van der Waals surface area contributed by atoms with Gasteiger partial charge in [-0.2, -0.15) is 11.3 Å². The van der Waals surface area contributed by atoms with Gasteiger partial charge in [-0.1, -0.05) is 58.9 Å². The van der Waals surface area contributed by atoms with Crippen molar-refractivity contribution in [3.05, 3.63) is 91.9 Å². The molecule has 3 nitrogen and oxygen atoms in total. The van der Waals surface area contributed by atoms with Crippen LogP contribution in [0.2, 0.25) is 0 Å². The van der Waals surface area contributed by atoms with E-state index in [9.17, 15) is 9.59 Å². The number of Topliss-reactive ketones (excluding diaryl/α,β-unsaturated/α-hetero) is 1. The summed E-state index contributed by atoms with van der Waals surface area (Å²) in [6.45, 7) is 7.34. The highest BCUT2D eigenvalue weighted by molar-refractivity contribution is 9.10. The summed E-state index contributed by atoms with van der Waals surface area (Å²) < 4.78 is 0.882. The molecule has 2 atom stereocenters. The number of benzene rings is 1. The lowest BCUT2D eigenvalue weighted by Gasteiger charge is -2.40. The van der Waals surface area contributed by atoms with Crippen molar-refractivity contribution in [1.29, 1.82) is 0 Å². The van der Waals surface area contributed by atoms with E-state index in [-0.39, 0.29) is 23.1 Å². The zero-order chi connectivity index (χ0) is 20.3. The van der Waals surface area contributed by atoms with Gasteiger partial charge in [0.05, 0.1) is 5.54 Å². The second-order valence-electron chi connectivity index (χ2n) is 6.23. The number of ketones is 1. The molecule has 2 aromatic rings. The molecule has 1 amide bonds. The van der Waals surface area contributed by atoms with Crippen LogP contribution in [0.1, 0.15) is 17.5 Å². The average Bonchev–Trinajstić information content (AvgIpc) is 3.18. The molecule has 2 unspecified atom stereocenters. The van der Waals surface area contributed by atoms with Crippen molar-refractivity contribution >= 4 is 62.3 Å². The normalized spacial score (nSPS) is 22.6. The Hall–Kier alpha value is -1.60. The van der Waals surface area contributed by atoms with E-state index in [1.54, 1.807) is 12.2 Å². The molecule has 1 aliphatic rings. The first-order valence-electron chi connectivity index (χ1n) is 8.35. The zero-order valence-electron chi connectivity index (χ0n) is 14.8. The van der Waals surface area contributed by atoms with Gasteiger partial charge < -0.3 is 5.32 Å². The third-order valence-corrected chi connectivity index (χ3v) is 7.26. The van der Waals surface area contributed by atoms with Crippen LogP contribution in [0.3, 0.4) is 0 Å². The number of thioether (sulfide) groups is 1. The first-order valence-corrected chi connectivity index (χ1v) is 11.3. The molecule has 1 aromatic heterocycles. The summed E-state index contributed by atoms with van der Waals surface area (Å²) >= 11 is 12.1. The van der Waals surface area contributed by atoms with Crippen molar-refractivity contribution in [2.45, 2.75) is 17.2 Å². The average molecular weight is 495 g/mol. The highest BCUT2D eigenvalue weighted by Crippen LogP contribution is 2.41. The Kier molecular flexibility index (Phi) is 6.65. The number of allylic oxidation sites excluding steroid dienone is 3. The third-order valence-electron chi connectivity index (χ3n) is 4.42. The smallest absolute Gasteiger partial charge is 0.242 e. The van der Waals surface area contributed by atoms with E-state index >= 15 is 0 Å². The van der Waals surface area contributed by atoms with E-state index in [0.717, 1.165) is 27.4 Å². The highest BCUT2D eigenvalue weighted by Gasteiger charge is 2.47. The van der Waals surface area contributed by atoms with Crippen LogP contribution >= 0.6 is 50.6 Å². The van der Waals surface area contributed by atoms with Gasteiger partial charge in [-0.3, -0.25) is 9.59 Å². The van der Waals surface area contributed by atoms with Crippen LogP contribution < -0.4 is 5.32 Å². The number of amides is 1. The predicted octanol–water partition coefficient (Wildman–Crippen LogP) is 5.77. The second-order valence-corrected chi connectivity index (χ2v) is 9.53. The van der Waals surface area contributed by atoms with E-state index in [1.807, 2.05) is 41.1 Å². The number of halogens is 2. The third kappa shape index (κ3) is 4.20. The van der Waals surface area contributed by atoms with Gasteiger partial charge in [0.15, 0.2) is 5.78 Å². The molecule has 0 aliphatic carbocycles. The van der Waals surface area contributed by atoms with Crippen LogP contribution in [0.25, 0.3) is 0 Å². The first-order chi connectivity index (χ1) is 13.4. The van der Waals surface area contributed by atoms with E-state index in [0.29, 0.717) is 4.91 Å². The fourth-order valence-electron chi connectivity index (χ4n) is 3.14. The molecule has 0 spiro atoms. The summed E-state index contributed by atoms with van der Waals surface area (Å²) in [6.07, 6.45) is 3.35. The van der Waals surface area contributed by atoms with Crippen LogP contribution in [-0.2, 0) is 15.1 Å². The highest BCUT2D eigenvalue weighted by atomic mass is 79.9. The van der Waals surface area contributed by atoms with E-state index < -0.39 is 10.8 Å².